The number of phenolic OH excluding ortho intramolecular Hbond substituents is 2. The highest BCUT2D eigenvalue weighted by atomic mass is 79.9. The van der Waals surface area contributed by atoms with Gasteiger partial charge >= 0.3 is 6.18 Å². The molecule has 1 aromatic heterocycles. The molecule has 3 heterocycles. The number of hydrogen-bond acceptors (Lipinski definition) is 9. The fourth-order valence-electron chi connectivity index (χ4n) is 9.26. The number of allylic oxidation sites excluding steroid dienone is 2. The summed E-state index contributed by atoms with van der Waals surface area (Å²) in [5.74, 6) is -7.44. The summed E-state index contributed by atoms with van der Waals surface area (Å²) in [5.41, 5.74) is 1.89. The molecule has 58 heavy (non-hydrogen) atoms. The summed E-state index contributed by atoms with van der Waals surface area (Å²) in [5, 5.41) is 21.1. The maximum atomic E-state index is 15.4. The number of ether oxygens (including phenoxy) is 1. The Balaban J connectivity index is 1.28. The first-order chi connectivity index (χ1) is 27.6. The lowest BCUT2D eigenvalue weighted by Crippen LogP contribution is -2.53. The number of benzene rings is 3. The summed E-state index contributed by atoms with van der Waals surface area (Å²) >= 11 is 16.0. The predicted octanol–water partition coefficient (Wildman–Crippen LogP) is 7.82. The zero-order valence-electron chi connectivity index (χ0n) is 30.3. The number of hydrazine groups is 1. The molecule has 6 atom stereocenters. The molecule has 3 N–H and O–H groups in total. The fourth-order valence-corrected chi connectivity index (χ4v) is 10.1. The summed E-state index contributed by atoms with van der Waals surface area (Å²) in [4.78, 5) is 63.8. The lowest BCUT2D eigenvalue weighted by Gasteiger charge is -2.50. The van der Waals surface area contributed by atoms with E-state index in [1.165, 1.54) is 24.1 Å². The number of hydrogen-bond donors (Lipinski definition) is 3. The highest BCUT2D eigenvalue weighted by Crippen LogP contribution is 2.64. The van der Waals surface area contributed by atoms with Crippen LogP contribution in [0.15, 0.2) is 89.0 Å². The van der Waals surface area contributed by atoms with E-state index in [0.717, 1.165) is 5.56 Å². The summed E-state index contributed by atoms with van der Waals surface area (Å²) in [6.07, 6.45) is -1.96. The van der Waals surface area contributed by atoms with Crippen molar-refractivity contribution < 1.29 is 47.3 Å². The van der Waals surface area contributed by atoms with E-state index < -0.39 is 69.5 Å². The molecule has 300 valence electrons. The number of phenols is 2. The maximum Gasteiger partial charge on any atom is 0.417 e. The fraction of sp³-hybridized carbons (Fsp3) is 0.293. The molecule has 8 rings (SSSR count). The van der Waals surface area contributed by atoms with E-state index in [-0.39, 0.29) is 52.8 Å². The Hall–Kier alpha value is -5.12. The summed E-state index contributed by atoms with van der Waals surface area (Å²) in [6.45, 7) is 0.0805. The van der Waals surface area contributed by atoms with Gasteiger partial charge in [-0.3, -0.25) is 29.5 Å². The second-order valence-electron chi connectivity index (χ2n) is 14.7. The van der Waals surface area contributed by atoms with Crippen LogP contribution in [-0.2, 0) is 37.2 Å². The predicted molar refractivity (Wildman–Crippen MR) is 208 cm³/mol. The van der Waals surface area contributed by atoms with Crippen LogP contribution in [-0.4, -0.2) is 62.4 Å². The monoisotopic (exact) mass is 898 g/mol. The van der Waals surface area contributed by atoms with Gasteiger partial charge in [-0.2, -0.15) is 18.2 Å². The van der Waals surface area contributed by atoms with Crippen LogP contribution in [0.1, 0.15) is 41.0 Å². The van der Waals surface area contributed by atoms with Gasteiger partial charge in [-0.1, -0.05) is 59.1 Å². The van der Waals surface area contributed by atoms with Gasteiger partial charge in [-0.15, -0.1) is 0 Å². The van der Waals surface area contributed by atoms with Gasteiger partial charge in [0.1, 0.15) is 5.75 Å². The number of nitrogens with one attached hydrogen (secondary N) is 1. The van der Waals surface area contributed by atoms with Crippen molar-refractivity contribution in [2.75, 3.05) is 19.1 Å². The number of anilines is 1. The molecule has 3 fully saturated rings. The Morgan fingerprint density at radius 3 is 2.33 bits per heavy atom. The molecule has 4 amide bonds. The van der Waals surface area contributed by atoms with Gasteiger partial charge in [0.05, 0.1) is 45.3 Å². The topological polar surface area (TPSA) is 149 Å². The molecule has 0 spiro atoms. The third-order valence-corrected chi connectivity index (χ3v) is 13.0. The Bertz CT molecular complexity index is 2420. The Labute approximate surface area is 347 Å². The van der Waals surface area contributed by atoms with Crippen molar-refractivity contribution in [3.8, 4) is 17.2 Å². The number of carbonyl (C=O) groups excluding carboxylic acids is 4. The zero-order valence-corrected chi connectivity index (χ0v) is 33.4. The largest absolute Gasteiger partial charge is 0.508 e. The van der Waals surface area contributed by atoms with Crippen LogP contribution in [0.2, 0.25) is 10.0 Å². The average molecular weight is 901 g/mol. The molecule has 11 nitrogen and oxygen atoms in total. The average Bonchev–Trinajstić information content (AvgIpc) is 3.56. The number of carbonyl (C=O) groups is 4. The van der Waals surface area contributed by atoms with Crippen molar-refractivity contribution in [1.82, 2.24) is 14.9 Å². The molecular weight excluding hydrogens is 868 g/mol. The van der Waals surface area contributed by atoms with Gasteiger partial charge < -0.3 is 14.9 Å². The number of aromatic nitrogens is 1. The number of imide groups is 2. The van der Waals surface area contributed by atoms with E-state index in [0.29, 0.717) is 45.4 Å². The van der Waals surface area contributed by atoms with Crippen LogP contribution in [0.3, 0.4) is 0 Å². The number of rotatable bonds is 8. The molecular formula is C41H32BrCl2F3N4O7. The highest BCUT2D eigenvalue weighted by Gasteiger charge is 2.70. The minimum absolute atomic E-state index is 0.0450. The number of likely N-dealkylation sites (tertiary alicyclic amines) is 1. The molecule has 17 heteroatoms. The van der Waals surface area contributed by atoms with Gasteiger partial charge in [0.2, 0.25) is 11.8 Å². The molecule has 0 unspecified atom stereocenters. The van der Waals surface area contributed by atoms with Crippen molar-refractivity contribution in [2.24, 2.45) is 23.7 Å². The number of amides is 4. The summed E-state index contributed by atoms with van der Waals surface area (Å²) < 4.78 is 46.3. The normalized spacial score (nSPS) is 25.4. The van der Waals surface area contributed by atoms with Crippen LogP contribution < -0.4 is 10.2 Å². The minimum atomic E-state index is -4.77. The van der Waals surface area contributed by atoms with E-state index in [1.54, 1.807) is 48.5 Å². The zero-order chi connectivity index (χ0) is 41.4. The highest BCUT2D eigenvalue weighted by molar-refractivity contribution is 9.10. The lowest BCUT2D eigenvalue weighted by atomic mass is 9.49. The van der Waals surface area contributed by atoms with E-state index in [2.05, 4.69) is 26.3 Å². The summed E-state index contributed by atoms with van der Waals surface area (Å²) in [7, 11) is 1.35. The number of alkyl halides is 3. The van der Waals surface area contributed by atoms with Crippen molar-refractivity contribution in [2.45, 2.75) is 36.8 Å². The number of pyridine rings is 1. The molecule has 1 saturated carbocycles. The third-order valence-electron chi connectivity index (χ3n) is 11.8. The van der Waals surface area contributed by atoms with E-state index in [9.17, 15) is 37.8 Å². The maximum absolute atomic E-state index is 15.4. The lowest BCUT2D eigenvalue weighted by molar-refractivity contribution is -0.141. The Morgan fingerprint density at radius 1 is 0.966 bits per heavy atom. The van der Waals surface area contributed by atoms with Gasteiger partial charge in [-0.05, 0) is 100 Å². The Morgan fingerprint density at radius 2 is 1.67 bits per heavy atom. The second-order valence-corrected chi connectivity index (χ2v) is 16.4. The van der Waals surface area contributed by atoms with Crippen molar-refractivity contribution in [1.29, 1.82) is 0 Å². The van der Waals surface area contributed by atoms with Gasteiger partial charge in [0.25, 0.3) is 11.8 Å². The molecule has 4 aromatic rings. The van der Waals surface area contributed by atoms with Crippen LogP contribution in [0.5, 0.6) is 17.2 Å². The van der Waals surface area contributed by atoms with Gasteiger partial charge in [-0.25, -0.2) is 4.98 Å². The van der Waals surface area contributed by atoms with Gasteiger partial charge in [0.15, 0.2) is 17.3 Å². The quantitative estimate of drug-likeness (QED) is 0.119. The number of aromatic hydroxyl groups is 2. The molecule has 2 aliphatic carbocycles. The SMILES string of the molecule is COc1cc([C@H]2C3=CC[C@@H]4C(=O)N(CCc5ccc(O)cc5)C(=O)[C@@H]4[C@@H]3C[C@H]3C(=O)N(Nc4ncc(C(F)(F)F)cc4Cl)C(=O)[C@@]23c2ccc(Cl)cc2)cc(Br)c1O. The molecule has 0 bridgehead atoms. The van der Waals surface area contributed by atoms with E-state index >= 15 is 4.79 Å². The van der Waals surface area contributed by atoms with Crippen LogP contribution in [0.25, 0.3) is 0 Å². The van der Waals surface area contributed by atoms with Crippen LogP contribution in [0.4, 0.5) is 19.0 Å². The van der Waals surface area contributed by atoms with E-state index in [4.69, 9.17) is 27.9 Å². The molecule has 0 radical (unpaired) electrons. The van der Waals surface area contributed by atoms with Crippen LogP contribution in [0, 0.1) is 23.7 Å². The first kappa shape index (κ1) is 39.7. The standard InChI is InChI=1S/C41H32BrCl2F3N4O7/c1-58-31-15-20(14-29(42)34(31)53)33-25-10-11-26-32(38(56)50(36(26)54)13-12-19-2-8-24(52)9-3-19)27(25)17-28-37(55)51(39(57)40(28,33)21-4-6-23(43)7-5-21)49-35-30(44)16-22(18-48-35)41(45,46)47/h2-10,14-16,18,26-28,32-33,52-53H,11-13,17H2,1H3,(H,48,49)/t26-,27+,28-,32-,33-,40+/m0/s1. The third kappa shape index (κ3) is 6.29. The van der Waals surface area contributed by atoms with Crippen molar-refractivity contribution in [3.63, 3.8) is 0 Å². The molecule has 3 aromatic carbocycles. The molecule has 2 aliphatic heterocycles. The molecule has 4 aliphatic rings. The minimum Gasteiger partial charge on any atom is -0.508 e. The first-order valence-corrected chi connectivity index (χ1v) is 19.6. The Kier molecular flexibility index (Phi) is 10.00. The number of fused-ring (bicyclic) bond motifs is 4. The van der Waals surface area contributed by atoms with Gasteiger partial charge in [0, 0.05) is 23.7 Å². The first-order valence-electron chi connectivity index (χ1n) is 18.1. The van der Waals surface area contributed by atoms with E-state index in [1.807, 2.05) is 6.08 Å². The second kappa shape index (κ2) is 14.6. The smallest absolute Gasteiger partial charge is 0.417 e. The molecule has 2 saturated heterocycles. The number of methoxy groups -OCH3 is 1. The summed E-state index contributed by atoms with van der Waals surface area (Å²) in [6, 6.07) is 16.6. The number of nitrogens with zero attached hydrogens (tertiary/aromatic N) is 3. The van der Waals surface area contributed by atoms with Crippen molar-refractivity contribution >= 4 is 68.6 Å². The van der Waals surface area contributed by atoms with Crippen molar-refractivity contribution in [3.05, 3.63) is 121 Å². The number of halogens is 6. The van der Waals surface area contributed by atoms with Crippen LogP contribution >= 0.6 is 39.1 Å².